The van der Waals surface area contributed by atoms with E-state index < -0.39 is 0 Å². The number of hydrogen-bond donors (Lipinski definition) is 2. The first-order valence-electron chi connectivity index (χ1n) is 9.50. The number of pyridine rings is 1. The van der Waals surface area contributed by atoms with Crippen LogP contribution in [0.5, 0.6) is 0 Å². The molecule has 2 N–H and O–H groups in total. The summed E-state index contributed by atoms with van der Waals surface area (Å²) in [5, 5.41) is 3.58. The zero-order chi connectivity index (χ0) is 17.1. The van der Waals surface area contributed by atoms with Gasteiger partial charge in [0.25, 0.3) is 5.56 Å². The summed E-state index contributed by atoms with van der Waals surface area (Å²) >= 11 is 0. The molecule has 1 saturated heterocycles. The topological polar surface area (TPSA) is 48.1 Å². The molecule has 0 bridgehead atoms. The number of nitrogens with one attached hydrogen (secondary N) is 2. The van der Waals surface area contributed by atoms with Crippen LogP contribution < -0.4 is 10.9 Å². The summed E-state index contributed by atoms with van der Waals surface area (Å²) < 4.78 is 0. The predicted molar refractivity (Wildman–Crippen MR) is 102 cm³/mol. The van der Waals surface area contributed by atoms with E-state index in [1.165, 1.54) is 32.1 Å². The summed E-state index contributed by atoms with van der Waals surface area (Å²) in [6.07, 6.45) is 6.46. The maximum absolute atomic E-state index is 12.7. The highest BCUT2D eigenvalue weighted by Gasteiger charge is 2.39. The van der Waals surface area contributed by atoms with Crippen molar-refractivity contribution in [2.45, 2.75) is 44.2 Å². The molecule has 2 aromatic rings. The van der Waals surface area contributed by atoms with E-state index in [1.54, 1.807) is 0 Å². The van der Waals surface area contributed by atoms with Gasteiger partial charge in [0.2, 0.25) is 0 Å². The lowest BCUT2D eigenvalue weighted by Gasteiger charge is -2.50. The van der Waals surface area contributed by atoms with Gasteiger partial charge in [0.15, 0.2) is 0 Å². The zero-order valence-electron chi connectivity index (χ0n) is 14.8. The lowest BCUT2D eigenvalue weighted by atomic mass is 9.79. The lowest BCUT2D eigenvalue weighted by Crippen LogP contribution is -2.61. The number of aromatic amines is 1. The van der Waals surface area contributed by atoms with E-state index in [9.17, 15) is 4.79 Å². The van der Waals surface area contributed by atoms with E-state index in [2.05, 4.69) is 15.2 Å². The van der Waals surface area contributed by atoms with E-state index in [0.29, 0.717) is 0 Å². The second-order valence-electron chi connectivity index (χ2n) is 7.48. The van der Waals surface area contributed by atoms with Gasteiger partial charge < -0.3 is 10.3 Å². The average Bonchev–Trinajstić information content (AvgIpc) is 2.66. The first-order chi connectivity index (χ1) is 12.3. The SMILES string of the molecule is O=c1[nH]c(-c2ccccc2)ccc1CN1CCNCC12CCCCC2. The molecule has 1 aromatic heterocycles. The second kappa shape index (κ2) is 7.14. The van der Waals surface area contributed by atoms with Gasteiger partial charge >= 0.3 is 0 Å². The Morgan fingerprint density at radius 1 is 1.00 bits per heavy atom. The van der Waals surface area contributed by atoms with Gasteiger partial charge in [0, 0.05) is 43.0 Å². The van der Waals surface area contributed by atoms with Gasteiger partial charge in [0.05, 0.1) is 0 Å². The van der Waals surface area contributed by atoms with Crippen LogP contribution in [0.25, 0.3) is 11.3 Å². The maximum Gasteiger partial charge on any atom is 0.252 e. The van der Waals surface area contributed by atoms with Crippen LogP contribution >= 0.6 is 0 Å². The summed E-state index contributed by atoms with van der Waals surface area (Å²) in [6, 6.07) is 14.1. The van der Waals surface area contributed by atoms with Crippen LogP contribution in [-0.4, -0.2) is 35.1 Å². The first-order valence-corrected chi connectivity index (χ1v) is 9.50. The standard InChI is InChI=1S/C21H27N3O/c25-20-18(9-10-19(23-20)17-7-3-1-4-8-17)15-24-14-13-22-16-21(24)11-5-2-6-12-21/h1,3-4,7-10,22H,2,5-6,11-16H2,(H,23,25). The minimum atomic E-state index is 0.0471. The number of rotatable bonds is 3. The van der Waals surface area contributed by atoms with Gasteiger partial charge in [-0.05, 0) is 24.5 Å². The summed E-state index contributed by atoms with van der Waals surface area (Å²) in [7, 11) is 0. The van der Waals surface area contributed by atoms with Crippen molar-refractivity contribution in [1.82, 2.24) is 15.2 Å². The monoisotopic (exact) mass is 337 g/mol. The van der Waals surface area contributed by atoms with Gasteiger partial charge in [-0.2, -0.15) is 0 Å². The van der Waals surface area contributed by atoms with E-state index in [0.717, 1.165) is 43.0 Å². The molecule has 4 nitrogen and oxygen atoms in total. The molecular formula is C21H27N3O. The normalized spacial score (nSPS) is 20.6. The van der Waals surface area contributed by atoms with Gasteiger partial charge in [-0.25, -0.2) is 0 Å². The third kappa shape index (κ3) is 3.42. The van der Waals surface area contributed by atoms with Crippen molar-refractivity contribution in [2.75, 3.05) is 19.6 Å². The lowest BCUT2D eigenvalue weighted by molar-refractivity contribution is 0.0206. The first kappa shape index (κ1) is 16.6. The fourth-order valence-electron chi connectivity index (χ4n) is 4.45. The van der Waals surface area contributed by atoms with Crippen molar-refractivity contribution < 1.29 is 0 Å². The van der Waals surface area contributed by atoms with Crippen LogP contribution in [0.15, 0.2) is 47.3 Å². The minimum absolute atomic E-state index is 0.0471. The van der Waals surface area contributed by atoms with Gasteiger partial charge in [-0.3, -0.25) is 9.69 Å². The van der Waals surface area contributed by atoms with Gasteiger partial charge in [-0.15, -0.1) is 0 Å². The predicted octanol–water partition coefficient (Wildman–Crippen LogP) is 3.15. The van der Waals surface area contributed by atoms with Crippen molar-refractivity contribution in [2.24, 2.45) is 0 Å². The molecule has 1 aliphatic heterocycles. The molecule has 25 heavy (non-hydrogen) atoms. The van der Waals surface area contributed by atoms with Crippen molar-refractivity contribution >= 4 is 0 Å². The smallest absolute Gasteiger partial charge is 0.252 e. The van der Waals surface area contributed by atoms with Crippen molar-refractivity contribution in [1.29, 1.82) is 0 Å². The highest BCUT2D eigenvalue weighted by molar-refractivity contribution is 5.58. The maximum atomic E-state index is 12.7. The Labute approximate surface area is 149 Å². The summed E-state index contributed by atoms with van der Waals surface area (Å²) in [5.41, 5.74) is 3.12. The van der Waals surface area contributed by atoms with Crippen LogP contribution in [0.1, 0.15) is 37.7 Å². The fraction of sp³-hybridized carbons (Fsp3) is 0.476. The molecule has 2 heterocycles. The molecular weight excluding hydrogens is 310 g/mol. The third-order valence-corrected chi connectivity index (χ3v) is 5.90. The Hall–Kier alpha value is -1.91. The average molecular weight is 337 g/mol. The summed E-state index contributed by atoms with van der Waals surface area (Å²) in [4.78, 5) is 18.3. The van der Waals surface area contributed by atoms with Crippen molar-refractivity contribution in [3.8, 4) is 11.3 Å². The van der Waals surface area contributed by atoms with E-state index >= 15 is 0 Å². The van der Waals surface area contributed by atoms with Crippen molar-refractivity contribution in [3.05, 3.63) is 58.4 Å². The third-order valence-electron chi connectivity index (χ3n) is 5.90. The second-order valence-corrected chi connectivity index (χ2v) is 7.48. The highest BCUT2D eigenvalue weighted by Crippen LogP contribution is 2.35. The molecule has 1 spiro atoms. The number of H-pyrrole nitrogens is 1. The molecule has 1 aromatic carbocycles. The summed E-state index contributed by atoms with van der Waals surface area (Å²) in [5.74, 6) is 0. The summed E-state index contributed by atoms with van der Waals surface area (Å²) in [6.45, 7) is 3.86. The van der Waals surface area contributed by atoms with Gasteiger partial charge in [-0.1, -0.05) is 55.7 Å². The molecule has 0 radical (unpaired) electrons. The molecule has 4 heteroatoms. The largest absolute Gasteiger partial charge is 0.322 e. The van der Waals surface area contributed by atoms with Crippen LogP contribution in [0.3, 0.4) is 0 Å². The molecule has 0 unspecified atom stereocenters. The number of benzene rings is 1. The van der Waals surface area contributed by atoms with Crippen molar-refractivity contribution in [3.63, 3.8) is 0 Å². The number of piperazine rings is 1. The molecule has 4 rings (SSSR count). The van der Waals surface area contributed by atoms with Crippen LogP contribution in [0.2, 0.25) is 0 Å². The van der Waals surface area contributed by atoms with Crippen LogP contribution in [-0.2, 0) is 6.54 Å². The Balaban J connectivity index is 1.56. The number of aromatic nitrogens is 1. The quantitative estimate of drug-likeness (QED) is 0.904. The van der Waals surface area contributed by atoms with Crippen LogP contribution in [0.4, 0.5) is 0 Å². The molecule has 0 amide bonds. The zero-order valence-corrected chi connectivity index (χ0v) is 14.8. The fourth-order valence-corrected chi connectivity index (χ4v) is 4.45. The molecule has 1 aliphatic carbocycles. The highest BCUT2D eigenvalue weighted by atomic mass is 16.1. The van der Waals surface area contributed by atoms with Crippen LogP contribution in [0, 0.1) is 0 Å². The molecule has 0 atom stereocenters. The van der Waals surface area contributed by atoms with E-state index in [1.807, 2.05) is 42.5 Å². The molecule has 1 saturated carbocycles. The van der Waals surface area contributed by atoms with E-state index in [-0.39, 0.29) is 11.1 Å². The molecule has 2 aliphatic rings. The Kier molecular flexibility index (Phi) is 4.73. The number of nitrogens with zero attached hydrogens (tertiary/aromatic N) is 1. The van der Waals surface area contributed by atoms with Gasteiger partial charge in [0.1, 0.15) is 0 Å². The Bertz CT molecular complexity index is 754. The molecule has 2 fully saturated rings. The minimum Gasteiger partial charge on any atom is -0.322 e. The van der Waals surface area contributed by atoms with E-state index in [4.69, 9.17) is 0 Å². The molecule has 132 valence electrons. The number of hydrogen-bond acceptors (Lipinski definition) is 3. The Morgan fingerprint density at radius 2 is 1.80 bits per heavy atom. The Morgan fingerprint density at radius 3 is 2.56 bits per heavy atom.